The molecule has 13 heteroatoms. The van der Waals surface area contributed by atoms with Gasteiger partial charge in [0.15, 0.2) is 0 Å². The zero-order chi connectivity index (χ0) is 32.8. The van der Waals surface area contributed by atoms with Crippen LogP contribution in [0.1, 0.15) is 67.3 Å². The van der Waals surface area contributed by atoms with Crippen LogP contribution in [0.5, 0.6) is 0 Å². The standard InChI is InChI=1S/C34H51N5O8/c40-31-10-9-30(33(42)36-31)39-25-28-27(34(39)43)7-4-8-29(28)35-32(41)11-17-44-19-21-46-23-24-47-22-20-45-18-16-37-12-14-38(15-13-37)26-5-2-1-3-6-26/h4,7-8,26,30H,1-3,5-6,9-25H2,(H,35,41)(H,36,40,42). The molecule has 260 valence electrons. The number of ether oxygens (including phenoxy) is 4. The predicted molar refractivity (Wildman–Crippen MR) is 174 cm³/mol. The summed E-state index contributed by atoms with van der Waals surface area (Å²) in [5, 5.41) is 5.16. The Morgan fingerprint density at radius 3 is 2.15 bits per heavy atom. The van der Waals surface area contributed by atoms with Crippen molar-refractivity contribution in [1.29, 1.82) is 0 Å². The summed E-state index contributed by atoms with van der Waals surface area (Å²) in [4.78, 5) is 56.0. The van der Waals surface area contributed by atoms with Gasteiger partial charge in [0.2, 0.25) is 17.7 Å². The maximum absolute atomic E-state index is 13.0. The van der Waals surface area contributed by atoms with Crippen molar-refractivity contribution in [2.24, 2.45) is 0 Å². The molecule has 3 heterocycles. The topological polar surface area (TPSA) is 139 Å². The van der Waals surface area contributed by atoms with Crippen LogP contribution in [0.15, 0.2) is 18.2 Å². The molecule has 0 spiro atoms. The van der Waals surface area contributed by atoms with Crippen molar-refractivity contribution in [2.75, 3.05) is 90.9 Å². The van der Waals surface area contributed by atoms with Crippen LogP contribution in [-0.4, -0.2) is 136 Å². The number of benzene rings is 1. The average molecular weight is 658 g/mol. The third-order valence-corrected chi connectivity index (χ3v) is 9.50. The highest BCUT2D eigenvalue weighted by Crippen LogP contribution is 2.32. The first-order chi connectivity index (χ1) is 23.0. The van der Waals surface area contributed by atoms with Gasteiger partial charge in [-0.05, 0) is 31.4 Å². The van der Waals surface area contributed by atoms with E-state index < -0.39 is 11.9 Å². The van der Waals surface area contributed by atoms with Gasteiger partial charge in [-0.2, -0.15) is 0 Å². The van der Waals surface area contributed by atoms with Gasteiger partial charge in [-0.1, -0.05) is 25.3 Å². The van der Waals surface area contributed by atoms with Crippen LogP contribution in [0.2, 0.25) is 0 Å². The number of imide groups is 1. The zero-order valence-corrected chi connectivity index (χ0v) is 27.6. The Labute approximate surface area is 277 Å². The van der Waals surface area contributed by atoms with Crippen LogP contribution in [-0.2, 0) is 39.9 Å². The molecule has 3 fully saturated rings. The Kier molecular flexibility index (Phi) is 14.0. The molecule has 1 saturated carbocycles. The normalized spacial score (nSPS) is 21.2. The smallest absolute Gasteiger partial charge is 0.255 e. The summed E-state index contributed by atoms with van der Waals surface area (Å²) < 4.78 is 22.4. The maximum atomic E-state index is 13.0. The van der Waals surface area contributed by atoms with Crippen molar-refractivity contribution >= 4 is 29.3 Å². The van der Waals surface area contributed by atoms with Gasteiger partial charge < -0.3 is 29.2 Å². The largest absolute Gasteiger partial charge is 0.379 e. The van der Waals surface area contributed by atoms with Crippen LogP contribution in [0.25, 0.3) is 0 Å². The highest BCUT2D eigenvalue weighted by molar-refractivity contribution is 6.06. The summed E-state index contributed by atoms with van der Waals surface area (Å²) in [7, 11) is 0. The SMILES string of the molecule is O=C1CCC(N2Cc3c(NC(=O)CCOCCOCCOCCOCCN4CCN(C5CCCCC5)CC4)cccc3C2=O)C(=O)N1. The molecule has 1 unspecified atom stereocenters. The molecule has 13 nitrogen and oxygen atoms in total. The Balaban J connectivity index is 0.834. The van der Waals surface area contributed by atoms with E-state index >= 15 is 0 Å². The lowest BCUT2D eigenvalue weighted by molar-refractivity contribution is -0.137. The third kappa shape index (κ3) is 10.5. The number of piperidine rings is 1. The van der Waals surface area contributed by atoms with Gasteiger partial charge in [-0.3, -0.25) is 34.3 Å². The van der Waals surface area contributed by atoms with Crippen molar-refractivity contribution in [3.8, 4) is 0 Å². The number of carbonyl (C=O) groups excluding carboxylic acids is 4. The lowest BCUT2D eigenvalue weighted by Crippen LogP contribution is -2.52. The second-order valence-corrected chi connectivity index (χ2v) is 12.6. The molecule has 4 amide bonds. The average Bonchev–Trinajstić information content (AvgIpc) is 3.42. The first-order valence-electron chi connectivity index (χ1n) is 17.3. The summed E-state index contributed by atoms with van der Waals surface area (Å²) in [6.07, 6.45) is 7.58. The van der Waals surface area contributed by atoms with Gasteiger partial charge in [0.05, 0.1) is 59.3 Å². The minimum absolute atomic E-state index is 0.147. The van der Waals surface area contributed by atoms with E-state index in [-0.39, 0.29) is 50.1 Å². The van der Waals surface area contributed by atoms with Gasteiger partial charge in [-0.25, -0.2) is 0 Å². The number of nitrogens with zero attached hydrogens (tertiary/aromatic N) is 3. The van der Waals surface area contributed by atoms with E-state index in [1.54, 1.807) is 18.2 Å². The van der Waals surface area contributed by atoms with Crippen molar-refractivity contribution in [1.82, 2.24) is 20.0 Å². The Bertz CT molecular complexity index is 1200. The lowest BCUT2D eigenvalue weighted by atomic mass is 9.94. The van der Waals surface area contributed by atoms with Gasteiger partial charge in [0.25, 0.3) is 5.91 Å². The molecule has 0 aromatic heterocycles. The zero-order valence-electron chi connectivity index (χ0n) is 27.6. The number of piperazine rings is 1. The highest BCUT2D eigenvalue weighted by Gasteiger charge is 2.40. The van der Waals surface area contributed by atoms with Crippen LogP contribution < -0.4 is 10.6 Å². The summed E-state index contributed by atoms with van der Waals surface area (Å²) in [6, 6.07) is 5.23. The van der Waals surface area contributed by atoms with Gasteiger partial charge in [0, 0.05) is 68.5 Å². The first-order valence-corrected chi connectivity index (χ1v) is 17.3. The molecule has 0 bridgehead atoms. The molecule has 47 heavy (non-hydrogen) atoms. The third-order valence-electron chi connectivity index (χ3n) is 9.50. The number of fused-ring (bicyclic) bond motifs is 1. The number of nitrogens with one attached hydrogen (secondary N) is 2. The minimum Gasteiger partial charge on any atom is -0.379 e. The molecule has 2 saturated heterocycles. The quantitative estimate of drug-likeness (QED) is 0.178. The second kappa shape index (κ2) is 18.6. The van der Waals surface area contributed by atoms with Crippen molar-refractivity contribution < 1.29 is 38.1 Å². The fourth-order valence-electron chi connectivity index (χ4n) is 6.83. The van der Waals surface area contributed by atoms with Crippen LogP contribution in [0.4, 0.5) is 5.69 Å². The van der Waals surface area contributed by atoms with Crippen molar-refractivity contribution in [3.63, 3.8) is 0 Å². The summed E-state index contributed by atoms with van der Waals surface area (Å²) in [5.74, 6) is -1.32. The predicted octanol–water partition coefficient (Wildman–Crippen LogP) is 1.79. The molecule has 1 aliphatic carbocycles. The van der Waals surface area contributed by atoms with Crippen LogP contribution in [0.3, 0.4) is 0 Å². The van der Waals surface area contributed by atoms with E-state index in [2.05, 4.69) is 20.4 Å². The summed E-state index contributed by atoms with van der Waals surface area (Å²) in [5.41, 5.74) is 1.65. The molecule has 2 N–H and O–H groups in total. The number of hydrogen-bond acceptors (Lipinski definition) is 10. The van der Waals surface area contributed by atoms with E-state index in [1.807, 2.05) is 0 Å². The molecular weight excluding hydrogens is 606 g/mol. The van der Waals surface area contributed by atoms with E-state index in [0.29, 0.717) is 56.5 Å². The van der Waals surface area contributed by atoms with E-state index in [0.717, 1.165) is 32.3 Å². The van der Waals surface area contributed by atoms with Gasteiger partial charge in [-0.15, -0.1) is 0 Å². The molecular formula is C34H51N5O8. The molecule has 1 aromatic carbocycles. The van der Waals surface area contributed by atoms with E-state index in [4.69, 9.17) is 18.9 Å². The fourth-order valence-corrected chi connectivity index (χ4v) is 6.83. The van der Waals surface area contributed by atoms with Crippen molar-refractivity contribution in [2.45, 2.75) is 70.0 Å². The number of anilines is 1. The molecule has 0 radical (unpaired) electrons. The number of amides is 4. The first kappa shape index (κ1) is 35.4. The molecule has 1 atom stereocenters. The van der Waals surface area contributed by atoms with Crippen LogP contribution in [0, 0.1) is 0 Å². The maximum Gasteiger partial charge on any atom is 0.255 e. The summed E-state index contributed by atoms with van der Waals surface area (Å²) >= 11 is 0. The highest BCUT2D eigenvalue weighted by atomic mass is 16.6. The Morgan fingerprint density at radius 1 is 0.809 bits per heavy atom. The Hall–Kier alpha value is -2.94. The van der Waals surface area contributed by atoms with Gasteiger partial charge >= 0.3 is 0 Å². The van der Waals surface area contributed by atoms with Crippen molar-refractivity contribution in [3.05, 3.63) is 29.3 Å². The molecule has 1 aromatic rings. The summed E-state index contributed by atoms with van der Waals surface area (Å²) in [6.45, 7) is 9.60. The number of carbonyl (C=O) groups is 4. The number of hydrogen-bond donors (Lipinski definition) is 2. The molecule has 3 aliphatic heterocycles. The van der Waals surface area contributed by atoms with E-state index in [9.17, 15) is 19.2 Å². The fraction of sp³-hybridized carbons (Fsp3) is 0.706. The number of rotatable bonds is 18. The lowest BCUT2D eigenvalue weighted by Gasteiger charge is -2.40. The monoisotopic (exact) mass is 657 g/mol. The minimum atomic E-state index is -0.704. The van der Waals surface area contributed by atoms with Crippen LogP contribution >= 0.6 is 0 Å². The second-order valence-electron chi connectivity index (χ2n) is 12.6. The molecule has 5 rings (SSSR count). The van der Waals surface area contributed by atoms with E-state index in [1.165, 1.54) is 50.1 Å². The Morgan fingerprint density at radius 2 is 1.47 bits per heavy atom. The molecule has 4 aliphatic rings. The van der Waals surface area contributed by atoms with Gasteiger partial charge in [0.1, 0.15) is 6.04 Å².